The van der Waals surface area contributed by atoms with E-state index in [9.17, 15) is 8.42 Å². The van der Waals surface area contributed by atoms with Gasteiger partial charge >= 0.3 is 0 Å². The van der Waals surface area contributed by atoms with Crippen LogP contribution in [0.3, 0.4) is 0 Å². The Kier molecular flexibility index (Phi) is 9.19. The van der Waals surface area contributed by atoms with Crippen LogP contribution in [0.4, 0.5) is 0 Å². The molecule has 1 heterocycles. The van der Waals surface area contributed by atoms with Gasteiger partial charge in [0.1, 0.15) is 5.76 Å². The van der Waals surface area contributed by atoms with Crippen LogP contribution >= 0.6 is 24.0 Å². The molecule has 0 unspecified atom stereocenters. The zero-order chi connectivity index (χ0) is 19.2. The number of benzene rings is 1. The van der Waals surface area contributed by atoms with Gasteiger partial charge in [0, 0.05) is 32.1 Å². The van der Waals surface area contributed by atoms with Crippen LogP contribution in [0.25, 0.3) is 0 Å². The lowest BCUT2D eigenvalue weighted by molar-refractivity contribution is 0.380. The number of nitrogens with two attached hydrogens (primary N) is 1. The molecule has 2 aromatic rings. The van der Waals surface area contributed by atoms with Gasteiger partial charge in [-0.3, -0.25) is 4.99 Å². The summed E-state index contributed by atoms with van der Waals surface area (Å²) < 4.78 is 28.2. The van der Waals surface area contributed by atoms with Crippen LogP contribution in [0.15, 0.2) is 38.7 Å². The predicted molar refractivity (Wildman–Crippen MR) is 116 cm³/mol. The highest BCUT2D eigenvalue weighted by atomic mass is 127. The first-order valence-electron chi connectivity index (χ1n) is 8.41. The van der Waals surface area contributed by atoms with E-state index in [2.05, 4.69) is 20.8 Å². The predicted octanol–water partition coefficient (Wildman–Crippen LogP) is 1.93. The summed E-state index contributed by atoms with van der Waals surface area (Å²) in [5, 5.41) is 15.6. The van der Waals surface area contributed by atoms with E-state index >= 15 is 0 Å². The molecule has 0 spiro atoms. The Balaban J connectivity index is 0.00000364. The Morgan fingerprint density at radius 2 is 1.93 bits per heavy atom. The summed E-state index contributed by atoms with van der Waals surface area (Å²) in [4.78, 5) is 4.27. The van der Waals surface area contributed by atoms with E-state index in [0.717, 1.165) is 35.4 Å². The van der Waals surface area contributed by atoms with Gasteiger partial charge < -0.3 is 15.2 Å². The van der Waals surface area contributed by atoms with Crippen molar-refractivity contribution in [3.8, 4) is 0 Å². The molecule has 0 aliphatic carbocycles. The molecule has 4 N–H and O–H groups in total. The molecule has 8 nitrogen and oxygen atoms in total. The molecule has 1 aromatic heterocycles. The maximum atomic E-state index is 11.4. The highest BCUT2D eigenvalue weighted by molar-refractivity contribution is 14.0. The van der Waals surface area contributed by atoms with Crippen molar-refractivity contribution in [2.75, 3.05) is 7.05 Å². The number of guanidine groups is 1. The molecular formula is C17H26IN5O3S. The Hall–Kier alpha value is -1.66. The van der Waals surface area contributed by atoms with Crippen LogP contribution in [0, 0.1) is 0 Å². The Morgan fingerprint density at radius 1 is 1.22 bits per heavy atom. The van der Waals surface area contributed by atoms with Crippen molar-refractivity contribution >= 4 is 40.0 Å². The molecular weight excluding hydrogens is 481 g/mol. The monoisotopic (exact) mass is 507 g/mol. The van der Waals surface area contributed by atoms with Crippen LogP contribution in [0.1, 0.15) is 36.4 Å². The largest absolute Gasteiger partial charge is 0.361 e. The van der Waals surface area contributed by atoms with Gasteiger partial charge in [0.25, 0.3) is 0 Å². The first kappa shape index (κ1) is 23.4. The molecule has 0 saturated heterocycles. The molecule has 0 aliphatic heterocycles. The molecule has 0 radical (unpaired) electrons. The minimum absolute atomic E-state index is 0. The van der Waals surface area contributed by atoms with Crippen LogP contribution in [0.2, 0.25) is 0 Å². The summed E-state index contributed by atoms with van der Waals surface area (Å²) in [6.45, 7) is 5.02. The molecule has 0 aliphatic rings. The average Bonchev–Trinajstić information content (AvgIpc) is 3.03. The zero-order valence-electron chi connectivity index (χ0n) is 15.7. The van der Waals surface area contributed by atoms with Gasteiger partial charge in [-0.1, -0.05) is 31.1 Å². The molecule has 150 valence electrons. The number of aromatic nitrogens is 1. The van der Waals surface area contributed by atoms with Gasteiger partial charge in [-0.2, -0.15) is 0 Å². The smallest absolute Gasteiger partial charge is 0.238 e. The summed E-state index contributed by atoms with van der Waals surface area (Å²) in [7, 11) is -2.04. The molecule has 27 heavy (non-hydrogen) atoms. The summed E-state index contributed by atoms with van der Waals surface area (Å²) in [6.07, 6.45) is 1.57. The maximum Gasteiger partial charge on any atom is 0.238 e. The molecule has 0 amide bonds. The van der Waals surface area contributed by atoms with E-state index in [4.69, 9.17) is 9.66 Å². The normalized spacial score (nSPS) is 11.8. The van der Waals surface area contributed by atoms with Crippen LogP contribution in [-0.2, 0) is 36.0 Å². The number of sulfonamides is 1. The molecule has 0 bridgehead atoms. The van der Waals surface area contributed by atoms with E-state index < -0.39 is 10.0 Å². The standard InChI is InChI=1S/C17H25N5O3S.HI/c1-4-15-14(16(5-2)25-22-15)11-21-17(19-3)20-10-12-7-6-8-13(9-12)26(18,23)24;/h6-9H,4-5,10-11H2,1-3H3,(H2,18,23,24)(H2,19,20,21);1H. The third-order valence-corrected chi connectivity index (χ3v) is 4.86. The summed E-state index contributed by atoms with van der Waals surface area (Å²) in [5.41, 5.74) is 2.77. The fraction of sp³-hybridized carbons (Fsp3) is 0.412. The SMILES string of the molecule is CCc1noc(CC)c1CNC(=NC)NCc1cccc(S(N)(=O)=O)c1.I. The third kappa shape index (κ3) is 6.47. The topological polar surface area (TPSA) is 123 Å². The number of nitrogens with zero attached hydrogens (tertiary/aromatic N) is 2. The zero-order valence-corrected chi connectivity index (χ0v) is 18.8. The minimum Gasteiger partial charge on any atom is -0.361 e. The van der Waals surface area contributed by atoms with Crippen LogP contribution in [0.5, 0.6) is 0 Å². The van der Waals surface area contributed by atoms with E-state index in [0.29, 0.717) is 19.0 Å². The van der Waals surface area contributed by atoms with Crippen molar-refractivity contribution in [1.29, 1.82) is 0 Å². The first-order valence-corrected chi connectivity index (χ1v) is 9.96. The maximum absolute atomic E-state index is 11.4. The number of aliphatic imine (C=N–C) groups is 1. The second-order valence-corrected chi connectivity index (χ2v) is 7.27. The number of nitrogens with one attached hydrogen (secondary N) is 2. The Bertz CT molecular complexity index is 859. The Labute approximate surface area is 177 Å². The van der Waals surface area contributed by atoms with Crippen LogP contribution < -0.4 is 15.8 Å². The van der Waals surface area contributed by atoms with Crippen molar-refractivity contribution in [1.82, 2.24) is 15.8 Å². The van der Waals surface area contributed by atoms with Gasteiger partial charge in [-0.05, 0) is 24.1 Å². The van der Waals surface area contributed by atoms with Gasteiger partial charge in [-0.15, -0.1) is 24.0 Å². The van der Waals surface area contributed by atoms with Crippen LogP contribution in [-0.4, -0.2) is 26.6 Å². The van der Waals surface area contributed by atoms with E-state index in [1.165, 1.54) is 6.07 Å². The number of primary sulfonamides is 1. The van der Waals surface area contributed by atoms with Crippen molar-refractivity contribution in [3.05, 3.63) is 46.8 Å². The molecule has 2 rings (SSSR count). The molecule has 0 atom stereocenters. The molecule has 1 aromatic carbocycles. The van der Waals surface area contributed by atoms with Crippen molar-refractivity contribution in [2.45, 2.75) is 44.7 Å². The van der Waals surface area contributed by atoms with Crippen molar-refractivity contribution in [3.63, 3.8) is 0 Å². The van der Waals surface area contributed by atoms with E-state index in [1.807, 2.05) is 19.9 Å². The second kappa shape index (κ2) is 10.6. The van der Waals surface area contributed by atoms with Gasteiger partial charge in [0.05, 0.1) is 10.6 Å². The fourth-order valence-electron chi connectivity index (χ4n) is 2.55. The lowest BCUT2D eigenvalue weighted by Gasteiger charge is -2.12. The highest BCUT2D eigenvalue weighted by Gasteiger charge is 2.14. The third-order valence-electron chi connectivity index (χ3n) is 3.95. The number of halogens is 1. The lowest BCUT2D eigenvalue weighted by atomic mass is 10.1. The van der Waals surface area contributed by atoms with Crippen molar-refractivity contribution < 1.29 is 12.9 Å². The average molecular weight is 507 g/mol. The fourth-order valence-corrected chi connectivity index (χ4v) is 3.13. The number of hydrogen-bond donors (Lipinski definition) is 3. The summed E-state index contributed by atoms with van der Waals surface area (Å²) in [5.74, 6) is 1.46. The van der Waals surface area contributed by atoms with E-state index in [1.54, 1.807) is 19.2 Å². The van der Waals surface area contributed by atoms with Crippen molar-refractivity contribution in [2.24, 2.45) is 10.1 Å². The van der Waals surface area contributed by atoms with Gasteiger partial charge in [0.15, 0.2) is 5.96 Å². The molecule has 0 fully saturated rings. The summed E-state index contributed by atoms with van der Waals surface area (Å²) in [6, 6.07) is 6.49. The van der Waals surface area contributed by atoms with Gasteiger partial charge in [0.2, 0.25) is 10.0 Å². The number of hydrogen-bond acceptors (Lipinski definition) is 5. The van der Waals surface area contributed by atoms with Gasteiger partial charge in [-0.25, -0.2) is 13.6 Å². The summed E-state index contributed by atoms with van der Waals surface area (Å²) >= 11 is 0. The van der Waals surface area contributed by atoms with E-state index in [-0.39, 0.29) is 28.9 Å². The number of rotatable bonds is 7. The molecule has 0 saturated carbocycles. The highest BCUT2D eigenvalue weighted by Crippen LogP contribution is 2.15. The lowest BCUT2D eigenvalue weighted by Crippen LogP contribution is -2.36. The first-order chi connectivity index (χ1) is 12.4. The quantitative estimate of drug-likeness (QED) is 0.299. The second-order valence-electron chi connectivity index (χ2n) is 5.71. The molecule has 10 heteroatoms. The minimum atomic E-state index is -3.72. The Morgan fingerprint density at radius 3 is 2.52 bits per heavy atom. The number of aryl methyl sites for hydroxylation is 2.